The quantitative estimate of drug-likeness (QED) is 0.366. The lowest BCUT2D eigenvalue weighted by Gasteiger charge is -2.12. The number of aromatic nitrogens is 2. The summed E-state index contributed by atoms with van der Waals surface area (Å²) in [6.45, 7) is 0. The van der Waals surface area contributed by atoms with E-state index < -0.39 is 0 Å². The first kappa shape index (κ1) is 18.7. The van der Waals surface area contributed by atoms with Crippen molar-refractivity contribution in [2.24, 2.45) is 0 Å². The van der Waals surface area contributed by atoms with Gasteiger partial charge in [-0.1, -0.05) is 41.6 Å². The van der Waals surface area contributed by atoms with Crippen LogP contribution < -0.4 is 10.9 Å². The molecule has 0 aliphatic carbocycles. The largest absolute Gasteiger partial charge is 0.325 e. The maximum Gasteiger partial charge on any atom is 0.276 e. The number of fused-ring (bicyclic) bond motifs is 1. The molecular weight excluding hydrogens is 414 g/mol. The van der Waals surface area contributed by atoms with E-state index in [0.717, 1.165) is 5.69 Å². The molecule has 0 spiro atoms. The maximum atomic E-state index is 13.0. The van der Waals surface area contributed by atoms with E-state index in [9.17, 15) is 9.59 Å². The number of hydrogen-bond acceptors (Lipinski definition) is 5. The van der Waals surface area contributed by atoms with Crippen molar-refractivity contribution in [1.82, 2.24) is 9.55 Å². The van der Waals surface area contributed by atoms with Crippen molar-refractivity contribution in [2.75, 3.05) is 11.1 Å². The van der Waals surface area contributed by atoms with Gasteiger partial charge in [-0.3, -0.25) is 14.2 Å². The van der Waals surface area contributed by atoms with E-state index >= 15 is 0 Å². The van der Waals surface area contributed by atoms with Gasteiger partial charge in [-0.15, -0.1) is 11.3 Å². The standard InChI is InChI=1S/C20H14ClN3O2S2/c21-13-6-8-15(9-7-13)24-19(26)18-16(10-11-27-18)23-20(24)28-12-17(25)22-14-4-2-1-3-5-14/h1-11H,12H2,(H,22,25). The highest BCUT2D eigenvalue weighted by Crippen LogP contribution is 2.24. The number of benzene rings is 2. The fourth-order valence-corrected chi connectivity index (χ4v) is 4.35. The predicted molar refractivity (Wildman–Crippen MR) is 116 cm³/mol. The molecule has 1 N–H and O–H groups in total. The summed E-state index contributed by atoms with van der Waals surface area (Å²) in [5.74, 6) is -0.0385. The number of rotatable bonds is 5. The molecule has 2 heterocycles. The average Bonchev–Trinajstić information content (AvgIpc) is 3.17. The third-order valence-electron chi connectivity index (χ3n) is 3.92. The van der Waals surface area contributed by atoms with Crippen LogP contribution in [-0.2, 0) is 4.79 Å². The SMILES string of the molecule is O=C(CSc1nc2ccsc2c(=O)n1-c1ccc(Cl)cc1)Nc1ccccc1. The fraction of sp³-hybridized carbons (Fsp3) is 0.0500. The highest BCUT2D eigenvalue weighted by molar-refractivity contribution is 7.99. The number of thiophene rings is 1. The van der Waals surface area contributed by atoms with Crippen LogP contribution in [0.3, 0.4) is 0 Å². The summed E-state index contributed by atoms with van der Waals surface area (Å²) in [7, 11) is 0. The second-order valence-electron chi connectivity index (χ2n) is 5.85. The number of thioether (sulfide) groups is 1. The van der Waals surface area contributed by atoms with E-state index in [1.165, 1.54) is 27.7 Å². The van der Waals surface area contributed by atoms with Crippen LogP contribution >= 0.6 is 34.7 Å². The van der Waals surface area contributed by atoms with E-state index in [1.54, 1.807) is 24.3 Å². The lowest BCUT2D eigenvalue weighted by molar-refractivity contribution is -0.113. The first-order chi connectivity index (χ1) is 13.6. The van der Waals surface area contributed by atoms with Gasteiger partial charge >= 0.3 is 0 Å². The van der Waals surface area contributed by atoms with Crippen molar-refractivity contribution in [1.29, 1.82) is 0 Å². The highest BCUT2D eigenvalue weighted by atomic mass is 35.5. The Morgan fingerprint density at radius 2 is 1.86 bits per heavy atom. The average molecular weight is 428 g/mol. The molecule has 5 nitrogen and oxygen atoms in total. The summed E-state index contributed by atoms with van der Waals surface area (Å²) < 4.78 is 2.10. The van der Waals surface area contributed by atoms with Crippen LogP contribution in [0, 0.1) is 0 Å². The summed E-state index contributed by atoms with van der Waals surface area (Å²) in [5.41, 5.74) is 1.85. The zero-order chi connectivity index (χ0) is 19.5. The van der Waals surface area contributed by atoms with Gasteiger partial charge in [0.05, 0.1) is 17.0 Å². The van der Waals surface area contributed by atoms with Gasteiger partial charge in [0.1, 0.15) is 4.70 Å². The Hall–Kier alpha value is -2.61. The van der Waals surface area contributed by atoms with Crippen molar-refractivity contribution < 1.29 is 4.79 Å². The van der Waals surface area contributed by atoms with Crippen molar-refractivity contribution in [3.05, 3.63) is 81.4 Å². The third kappa shape index (κ3) is 3.96. The molecule has 0 saturated carbocycles. The summed E-state index contributed by atoms with van der Waals surface area (Å²) in [5, 5.41) is 5.71. The Kier molecular flexibility index (Phi) is 5.47. The van der Waals surface area contributed by atoms with E-state index in [4.69, 9.17) is 11.6 Å². The molecule has 2 aromatic carbocycles. The van der Waals surface area contributed by atoms with E-state index in [2.05, 4.69) is 10.3 Å². The van der Waals surface area contributed by atoms with Gasteiger partial charge in [0.2, 0.25) is 5.91 Å². The van der Waals surface area contributed by atoms with E-state index in [1.807, 2.05) is 41.8 Å². The fourth-order valence-electron chi connectivity index (χ4n) is 2.66. The molecule has 28 heavy (non-hydrogen) atoms. The van der Waals surface area contributed by atoms with Crippen molar-refractivity contribution >= 4 is 56.5 Å². The Morgan fingerprint density at radius 1 is 1.11 bits per heavy atom. The number of carbonyl (C=O) groups excluding carboxylic acids is 1. The number of carbonyl (C=O) groups is 1. The normalized spacial score (nSPS) is 10.9. The first-order valence-electron chi connectivity index (χ1n) is 8.36. The molecule has 140 valence electrons. The van der Waals surface area contributed by atoms with Crippen molar-refractivity contribution in [3.63, 3.8) is 0 Å². The van der Waals surface area contributed by atoms with Crippen LogP contribution in [0.5, 0.6) is 0 Å². The molecule has 0 saturated heterocycles. The highest BCUT2D eigenvalue weighted by Gasteiger charge is 2.15. The molecule has 4 aromatic rings. The number of halogens is 1. The molecule has 0 atom stereocenters. The summed E-state index contributed by atoms with van der Waals surface area (Å²) in [6, 6.07) is 18.0. The Bertz CT molecular complexity index is 1190. The molecule has 8 heteroatoms. The van der Waals surface area contributed by atoms with Crippen LogP contribution in [0.15, 0.2) is 76.0 Å². The Labute approximate surface area is 174 Å². The lowest BCUT2D eigenvalue weighted by atomic mass is 10.3. The number of para-hydroxylation sites is 1. The van der Waals surface area contributed by atoms with Gasteiger partial charge in [0, 0.05) is 10.7 Å². The van der Waals surface area contributed by atoms with Crippen LogP contribution in [0.2, 0.25) is 5.02 Å². The van der Waals surface area contributed by atoms with Crippen LogP contribution in [0.4, 0.5) is 5.69 Å². The second kappa shape index (κ2) is 8.18. The molecule has 0 unspecified atom stereocenters. The zero-order valence-corrected chi connectivity index (χ0v) is 16.9. The summed E-state index contributed by atoms with van der Waals surface area (Å²) in [4.78, 5) is 29.9. The van der Waals surface area contributed by atoms with Gasteiger partial charge in [-0.05, 0) is 47.8 Å². The van der Waals surface area contributed by atoms with E-state index in [-0.39, 0.29) is 17.2 Å². The molecule has 0 radical (unpaired) electrons. The number of nitrogens with one attached hydrogen (secondary N) is 1. The monoisotopic (exact) mass is 427 g/mol. The smallest absolute Gasteiger partial charge is 0.276 e. The van der Waals surface area contributed by atoms with Gasteiger partial charge in [-0.25, -0.2) is 4.98 Å². The minimum absolute atomic E-state index is 0.130. The van der Waals surface area contributed by atoms with Gasteiger partial charge in [0.15, 0.2) is 5.16 Å². The van der Waals surface area contributed by atoms with Gasteiger partial charge < -0.3 is 5.32 Å². The Morgan fingerprint density at radius 3 is 2.61 bits per heavy atom. The molecule has 0 aliphatic rings. The molecule has 2 aromatic heterocycles. The molecule has 0 bridgehead atoms. The number of nitrogens with zero attached hydrogens (tertiary/aromatic N) is 2. The summed E-state index contributed by atoms with van der Waals surface area (Å²) >= 11 is 8.54. The van der Waals surface area contributed by atoms with Crippen LogP contribution in [0.25, 0.3) is 15.9 Å². The topological polar surface area (TPSA) is 64.0 Å². The van der Waals surface area contributed by atoms with E-state index in [0.29, 0.717) is 26.1 Å². The molecule has 4 rings (SSSR count). The summed E-state index contributed by atoms with van der Waals surface area (Å²) in [6.07, 6.45) is 0. The minimum Gasteiger partial charge on any atom is -0.325 e. The molecule has 0 aliphatic heterocycles. The van der Waals surface area contributed by atoms with Gasteiger partial charge in [0.25, 0.3) is 5.56 Å². The zero-order valence-electron chi connectivity index (χ0n) is 14.5. The number of amides is 1. The van der Waals surface area contributed by atoms with Crippen LogP contribution in [0.1, 0.15) is 0 Å². The number of hydrogen-bond donors (Lipinski definition) is 1. The van der Waals surface area contributed by atoms with Crippen molar-refractivity contribution in [2.45, 2.75) is 5.16 Å². The predicted octanol–water partition coefficient (Wildman–Crippen LogP) is 4.83. The van der Waals surface area contributed by atoms with Crippen LogP contribution in [-0.4, -0.2) is 21.2 Å². The lowest BCUT2D eigenvalue weighted by Crippen LogP contribution is -2.22. The van der Waals surface area contributed by atoms with Crippen molar-refractivity contribution in [3.8, 4) is 5.69 Å². The first-order valence-corrected chi connectivity index (χ1v) is 10.6. The maximum absolute atomic E-state index is 13.0. The number of anilines is 1. The third-order valence-corrected chi connectivity index (χ3v) is 6.01. The molecule has 1 amide bonds. The second-order valence-corrected chi connectivity index (χ2v) is 8.14. The minimum atomic E-state index is -0.168. The van der Waals surface area contributed by atoms with Gasteiger partial charge in [-0.2, -0.15) is 0 Å². The molecule has 0 fully saturated rings. The Balaban J connectivity index is 1.65. The molecular formula is C20H14ClN3O2S2.